The molecule has 1 amide bonds. The van der Waals surface area contributed by atoms with E-state index < -0.39 is 11.7 Å². The molecule has 0 bridgehead atoms. The second kappa shape index (κ2) is 7.95. The zero-order valence-corrected chi connectivity index (χ0v) is 14.0. The van der Waals surface area contributed by atoms with Gasteiger partial charge in [-0.25, -0.2) is 9.78 Å². The molecular formula is C15H25N3O4. The lowest BCUT2D eigenvalue weighted by molar-refractivity contribution is -0.109. The molecule has 0 aliphatic rings. The van der Waals surface area contributed by atoms with Gasteiger partial charge in [-0.15, -0.1) is 0 Å². The van der Waals surface area contributed by atoms with Crippen LogP contribution in [0.25, 0.3) is 0 Å². The first-order chi connectivity index (χ1) is 10.2. The van der Waals surface area contributed by atoms with E-state index in [2.05, 4.69) is 15.6 Å². The van der Waals surface area contributed by atoms with Gasteiger partial charge >= 0.3 is 6.09 Å². The van der Waals surface area contributed by atoms with Crippen molar-refractivity contribution in [1.82, 2.24) is 4.98 Å². The van der Waals surface area contributed by atoms with E-state index >= 15 is 0 Å². The highest BCUT2D eigenvalue weighted by atomic mass is 16.7. The zero-order chi connectivity index (χ0) is 16.8. The summed E-state index contributed by atoms with van der Waals surface area (Å²) in [4.78, 5) is 15.8. The van der Waals surface area contributed by atoms with Gasteiger partial charge in [-0.3, -0.25) is 5.32 Å². The number of amides is 1. The van der Waals surface area contributed by atoms with Crippen molar-refractivity contribution < 1.29 is 19.0 Å². The van der Waals surface area contributed by atoms with Crippen LogP contribution in [0.15, 0.2) is 18.3 Å². The van der Waals surface area contributed by atoms with Gasteiger partial charge in [0, 0.05) is 14.2 Å². The Morgan fingerprint density at radius 1 is 1.23 bits per heavy atom. The van der Waals surface area contributed by atoms with Crippen molar-refractivity contribution in [2.45, 2.75) is 45.6 Å². The first kappa shape index (κ1) is 18.2. The van der Waals surface area contributed by atoms with Crippen molar-refractivity contribution in [3.63, 3.8) is 0 Å². The predicted octanol–water partition coefficient (Wildman–Crippen LogP) is 2.85. The molecule has 0 radical (unpaired) electrons. The number of nitrogens with one attached hydrogen (secondary N) is 2. The van der Waals surface area contributed by atoms with Crippen molar-refractivity contribution in [1.29, 1.82) is 0 Å². The average Bonchev–Trinajstić information content (AvgIpc) is 2.40. The molecule has 1 rings (SSSR count). The van der Waals surface area contributed by atoms with Crippen LogP contribution in [0.4, 0.5) is 16.3 Å². The number of aromatic nitrogens is 1. The highest BCUT2D eigenvalue weighted by Crippen LogP contribution is 2.14. The Hall–Kier alpha value is -1.86. The number of carbonyl (C=O) groups excluding carboxylic acids is 1. The van der Waals surface area contributed by atoms with Gasteiger partial charge in [0.15, 0.2) is 6.29 Å². The second-order valence-corrected chi connectivity index (χ2v) is 5.83. The molecule has 0 fully saturated rings. The minimum atomic E-state index is -0.545. The maximum atomic E-state index is 11.6. The minimum Gasteiger partial charge on any atom is -0.444 e. The molecule has 1 heterocycles. The summed E-state index contributed by atoms with van der Waals surface area (Å²) in [6, 6.07) is 3.44. The number of hydrogen-bond acceptors (Lipinski definition) is 6. The third-order valence-electron chi connectivity index (χ3n) is 2.66. The number of nitrogens with zero attached hydrogens (tertiary/aromatic N) is 1. The molecule has 22 heavy (non-hydrogen) atoms. The summed E-state index contributed by atoms with van der Waals surface area (Å²) < 4.78 is 15.5. The number of ether oxygens (including phenoxy) is 3. The Morgan fingerprint density at radius 2 is 1.86 bits per heavy atom. The molecule has 7 nitrogen and oxygen atoms in total. The summed E-state index contributed by atoms with van der Waals surface area (Å²) in [6.07, 6.45) is 0.721. The van der Waals surface area contributed by atoms with E-state index in [0.717, 1.165) is 5.69 Å². The Labute approximate surface area is 131 Å². The van der Waals surface area contributed by atoms with E-state index in [1.54, 1.807) is 53.3 Å². The predicted molar refractivity (Wildman–Crippen MR) is 85.0 cm³/mol. The molecule has 0 aliphatic carbocycles. The van der Waals surface area contributed by atoms with Crippen molar-refractivity contribution in [2.24, 2.45) is 0 Å². The summed E-state index contributed by atoms with van der Waals surface area (Å²) in [6.45, 7) is 7.34. The quantitative estimate of drug-likeness (QED) is 0.786. The number of carbonyl (C=O) groups is 1. The fourth-order valence-electron chi connectivity index (χ4n) is 1.80. The molecule has 0 aliphatic heterocycles. The van der Waals surface area contributed by atoms with Crippen LogP contribution in [0.2, 0.25) is 0 Å². The van der Waals surface area contributed by atoms with Crippen molar-refractivity contribution in [2.75, 3.05) is 24.9 Å². The molecule has 1 unspecified atom stereocenters. The van der Waals surface area contributed by atoms with Crippen molar-refractivity contribution in [3.05, 3.63) is 18.3 Å². The van der Waals surface area contributed by atoms with E-state index in [1.807, 2.05) is 6.92 Å². The monoisotopic (exact) mass is 311 g/mol. The van der Waals surface area contributed by atoms with Crippen LogP contribution in [0, 0.1) is 0 Å². The van der Waals surface area contributed by atoms with Gasteiger partial charge < -0.3 is 19.5 Å². The molecule has 1 aromatic heterocycles. The minimum absolute atomic E-state index is 0.0542. The van der Waals surface area contributed by atoms with E-state index in [-0.39, 0.29) is 12.3 Å². The highest BCUT2D eigenvalue weighted by Gasteiger charge is 2.17. The van der Waals surface area contributed by atoms with Crippen molar-refractivity contribution in [3.8, 4) is 0 Å². The summed E-state index contributed by atoms with van der Waals surface area (Å²) in [5.74, 6) is 0.419. The van der Waals surface area contributed by atoms with E-state index in [1.165, 1.54) is 0 Å². The van der Waals surface area contributed by atoms with Crippen LogP contribution in [0.1, 0.15) is 27.7 Å². The molecule has 0 saturated heterocycles. The molecule has 0 aromatic carbocycles. The summed E-state index contributed by atoms with van der Waals surface area (Å²) >= 11 is 0. The van der Waals surface area contributed by atoms with Crippen LogP contribution in [0.3, 0.4) is 0 Å². The Kier molecular flexibility index (Phi) is 6.58. The Bertz CT molecular complexity index is 467. The molecule has 124 valence electrons. The molecule has 7 heteroatoms. The van der Waals surface area contributed by atoms with Crippen LogP contribution >= 0.6 is 0 Å². The molecule has 0 saturated carbocycles. The fraction of sp³-hybridized carbons (Fsp3) is 0.600. The van der Waals surface area contributed by atoms with E-state index in [9.17, 15) is 4.79 Å². The average molecular weight is 311 g/mol. The third kappa shape index (κ3) is 6.28. The zero-order valence-electron chi connectivity index (χ0n) is 14.0. The maximum Gasteiger partial charge on any atom is 0.413 e. The van der Waals surface area contributed by atoms with Gasteiger partial charge in [0.1, 0.15) is 11.4 Å². The molecule has 1 aromatic rings. The summed E-state index contributed by atoms with van der Waals surface area (Å²) in [7, 11) is 3.16. The number of anilines is 2. The highest BCUT2D eigenvalue weighted by molar-refractivity contribution is 5.83. The molecular weight excluding hydrogens is 286 g/mol. The van der Waals surface area contributed by atoms with Crippen LogP contribution in [0.5, 0.6) is 0 Å². The topological polar surface area (TPSA) is 81.7 Å². The van der Waals surface area contributed by atoms with Crippen LogP contribution < -0.4 is 10.6 Å². The summed E-state index contributed by atoms with van der Waals surface area (Å²) in [5.41, 5.74) is 0.248. The number of pyridine rings is 1. The third-order valence-corrected chi connectivity index (χ3v) is 2.66. The first-order valence-corrected chi connectivity index (χ1v) is 7.03. The van der Waals surface area contributed by atoms with Crippen LogP contribution in [-0.4, -0.2) is 43.2 Å². The lowest BCUT2D eigenvalue weighted by atomic mass is 10.2. The van der Waals surface area contributed by atoms with E-state index in [4.69, 9.17) is 14.2 Å². The standard InChI is InChI=1S/C15H25N3O4/c1-10(13(20-5)21-6)17-11-7-8-12(16-9-11)18-14(19)22-15(2,3)4/h7-10,13,17H,1-6H3,(H,16,18,19). The van der Waals surface area contributed by atoms with Crippen LogP contribution in [-0.2, 0) is 14.2 Å². The fourth-order valence-corrected chi connectivity index (χ4v) is 1.80. The number of rotatable bonds is 6. The lowest BCUT2D eigenvalue weighted by Gasteiger charge is -2.23. The van der Waals surface area contributed by atoms with Gasteiger partial charge in [-0.05, 0) is 39.8 Å². The van der Waals surface area contributed by atoms with Gasteiger partial charge in [0.05, 0.1) is 17.9 Å². The second-order valence-electron chi connectivity index (χ2n) is 5.83. The smallest absolute Gasteiger partial charge is 0.413 e. The van der Waals surface area contributed by atoms with Gasteiger partial charge in [0.25, 0.3) is 0 Å². The number of hydrogen-bond donors (Lipinski definition) is 2. The largest absolute Gasteiger partial charge is 0.444 e. The lowest BCUT2D eigenvalue weighted by Crippen LogP contribution is -2.33. The Balaban J connectivity index is 2.58. The van der Waals surface area contributed by atoms with Gasteiger partial charge in [-0.2, -0.15) is 0 Å². The number of methoxy groups -OCH3 is 2. The normalized spacial score (nSPS) is 12.9. The summed E-state index contributed by atoms with van der Waals surface area (Å²) in [5, 5.41) is 5.78. The molecule has 2 N–H and O–H groups in total. The molecule has 0 spiro atoms. The molecule has 1 atom stereocenters. The van der Waals surface area contributed by atoms with Gasteiger partial charge in [-0.1, -0.05) is 0 Å². The van der Waals surface area contributed by atoms with E-state index in [0.29, 0.717) is 5.82 Å². The Morgan fingerprint density at radius 3 is 2.32 bits per heavy atom. The van der Waals surface area contributed by atoms with Crippen molar-refractivity contribution >= 4 is 17.6 Å². The maximum absolute atomic E-state index is 11.6. The SMILES string of the molecule is COC(OC)C(C)Nc1ccc(NC(=O)OC(C)(C)C)nc1. The first-order valence-electron chi connectivity index (χ1n) is 7.03. The van der Waals surface area contributed by atoms with Gasteiger partial charge in [0.2, 0.25) is 0 Å².